The first-order valence-electron chi connectivity index (χ1n) is 5.51. The SMILES string of the molecule is NC(Cc1cccc(F)c1)c1ccc(Cl)cc1Cl. The molecule has 94 valence electrons. The Hall–Kier alpha value is -1.09. The average Bonchev–Trinajstić information content (AvgIpc) is 2.28. The lowest BCUT2D eigenvalue weighted by atomic mass is 9.99. The number of hydrogen-bond acceptors (Lipinski definition) is 1. The first-order valence-corrected chi connectivity index (χ1v) is 6.27. The molecule has 0 saturated carbocycles. The molecule has 2 aromatic rings. The van der Waals surface area contributed by atoms with Crippen LogP contribution in [0.3, 0.4) is 0 Å². The molecule has 0 aliphatic heterocycles. The molecule has 1 nitrogen and oxygen atoms in total. The van der Waals surface area contributed by atoms with Gasteiger partial charge in [0.15, 0.2) is 0 Å². The third-order valence-electron chi connectivity index (χ3n) is 2.71. The quantitative estimate of drug-likeness (QED) is 0.889. The van der Waals surface area contributed by atoms with Gasteiger partial charge in [0.25, 0.3) is 0 Å². The molecule has 18 heavy (non-hydrogen) atoms. The van der Waals surface area contributed by atoms with Crippen LogP contribution in [0.5, 0.6) is 0 Å². The molecule has 0 aliphatic carbocycles. The maximum atomic E-state index is 13.1. The van der Waals surface area contributed by atoms with Gasteiger partial charge in [-0.15, -0.1) is 0 Å². The van der Waals surface area contributed by atoms with Crippen molar-refractivity contribution in [2.75, 3.05) is 0 Å². The third kappa shape index (κ3) is 3.22. The Kier molecular flexibility index (Phi) is 4.23. The van der Waals surface area contributed by atoms with Crippen LogP contribution in [-0.4, -0.2) is 0 Å². The highest BCUT2D eigenvalue weighted by molar-refractivity contribution is 6.35. The minimum absolute atomic E-state index is 0.262. The van der Waals surface area contributed by atoms with Gasteiger partial charge in [-0.05, 0) is 41.8 Å². The summed E-state index contributed by atoms with van der Waals surface area (Å²) >= 11 is 11.9. The van der Waals surface area contributed by atoms with E-state index in [-0.39, 0.29) is 11.9 Å². The van der Waals surface area contributed by atoms with Crippen molar-refractivity contribution in [3.63, 3.8) is 0 Å². The molecule has 0 aromatic heterocycles. The predicted molar refractivity (Wildman–Crippen MR) is 73.5 cm³/mol. The smallest absolute Gasteiger partial charge is 0.123 e. The van der Waals surface area contributed by atoms with Crippen molar-refractivity contribution in [3.8, 4) is 0 Å². The van der Waals surface area contributed by atoms with Gasteiger partial charge >= 0.3 is 0 Å². The van der Waals surface area contributed by atoms with E-state index in [0.29, 0.717) is 16.5 Å². The Morgan fingerprint density at radius 2 is 1.89 bits per heavy atom. The van der Waals surface area contributed by atoms with E-state index in [1.54, 1.807) is 24.3 Å². The lowest BCUT2D eigenvalue weighted by molar-refractivity contribution is 0.622. The highest BCUT2D eigenvalue weighted by atomic mass is 35.5. The summed E-state index contributed by atoms with van der Waals surface area (Å²) in [6.07, 6.45) is 0.527. The van der Waals surface area contributed by atoms with E-state index < -0.39 is 0 Å². The van der Waals surface area contributed by atoms with Crippen LogP contribution >= 0.6 is 23.2 Å². The van der Waals surface area contributed by atoms with Crippen molar-refractivity contribution in [3.05, 3.63) is 69.5 Å². The fourth-order valence-corrected chi connectivity index (χ4v) is 2.38. The van der Waals surface area contributed by atoms with Crippen molar-refractivity contribution in [1.29, 1.82) is 0 Å². The molecule has 0 fully saturated rings. The van der Waals surface area contributed by atoms with Crippen molar-refractivity contribution in [2.24, 2.45) is 5.73 Å². The minimum atomic E-state index is -0.281. The van der Waals surface area contributed by atoms with Crippen LogP contribution in [-0.2, 0) is 6.42 Å². The van der Waals surface area contributed by atoms with E-state index in [9.17, 15) is 4.39 Å². The van der Waals surface area contributed by atoms with E-state index in [4.69, 9.17) is 28.9 Å². The molecule has 0 amide bonds. The van der Waals surface area contributed by atoms with E-state index in [2.05, 4.69) is 0 Å². The van der Waals surface area contributed by atoms with Crippen molar-refractivity contribution < 1.29 is 4.39 Å². The number of nitrogens with two attached hydrogens (primary N) is 1. The largest absolute Gasteiger partial charge is 0.324 e. The topological polar surface area (TPSA) is 26.0 Å². The predicted octanol–water partition coefficient (Wildman–Crippen LogP) is 4.38. The highest BCUT2D eigenvalue weighted by Crippen LogP contribution is 2.27. The van der Waals surface area contributed by atoms with Crippen LogP contribution in [0.4, 0.5) is 4.39 Å². The molecule has 4 heteroatoms. The van der Waals surface area contributed by atoms with Gasteiger partial charge in [-0.2, -0.15) is 0 Å². The number of benzene rings is 2. The number of halogens is 3. The second kappa shape index (κ2) is 5.70. The van der Waals surface area contributed by atoms with Crippen LogP contribution in [0.15, 0.2) is 42.5 Å². The van der Waals surface area contributed by atoms with Gasteiger partial charge in [0, 0.05) is 16.1 Å². The summed E-state index contributed by atoms with van der Waals surface area (Å²) in [6, 6.07) is 11.3. The van der Waals surface area contributed by atoms with Crippen molar-refractivity contribution in [2.45, 2.75) is 12.5 Å². The molecular weight excluding hydrogens is 272 g/mol. The Labute approximate surface area is 115 Å². The Balaban J connectivity index is 2.19. The van der Waals surface area contributed by atoms with Gasteiger partial charge in [-0.3, -0.25) is 0 Å². The lowest BCUT2D eigenvalue weighted by Gasteiger charge is -2.14. The summed E-state index contributed by atoms with van der Waals surface area (Å²) in [6.45, 7) is 0. The van der Waals surface area contributed by atoms with E-state index in [0.717, 1.165) is 11.1 Å². The summed E-state index contributed by atoms with van der Waals surface area (Å²) in [4.78, 5) is 0. The maximum Gasteiger partial charge on any atom is 0.123 e. The molecule has 0 aliphatic rings. The van der Waals surface area contributed by atoms with Crippen LogP contribution in [0.2, 0.25) is 10.0 Å². The van der Waals surface area contributed by atoms with Gasteiger partial charge in [-0.25, -0.2) is 4.39 Å². The second-order valence-electron chi connectivity index (χ2n) is 4.11. The van der Waals surface area contributed by atoms with Gasteiger partial charge < -0.3 is 5.73 Å². The Bertz CT molecular complexity index is 557. The summed E-state index contributed by atoms with van der Waals surface area (Å²) in [5, 5.41) is 1.10. The molecule has 0 bridgehead atoms. The highest BCUT2D eigenvalue weighted by Gasteiger charge is 2.11. The van der Waals surface area contributed by atoms with Crippen LogP contribution < -0.4 is 5.73 Å². The summed E-state index contributed by atoms with van der Waals surface area (Å²) in [7, 11) is 0. The molecule has 2 N–H and O–H groups in total. The standard InChI is InChI=1S/C14H12Cl2FN/c15-10-4-5-12(13(16)8-10)14(18)7-9-2-1-3-11(17)6-9/h1-6,8,14H,7,18H2. The Morgan fingerprint density at radius 3 is 2.56 bits per heavy atom. The molecule has 1 unspecified atom stereocenters. The number of rotatable bonds is 3. The minimum Gasteiger partial charge on any atom is -0.324 e. The lowest BCUT2D eigenvalue weighted by Crippen LogP contribution is -2.13. The zero-order valence-corrected chi connectivity index (χ0v) is 11.0. The summed E-state index contributed by atoms with van der Waals surface area (Å²) in [5.74, 6) is -0.262. The van der Waals surface area contributed by atoms with Gasteiger partial charge in [0.1, 0.15) is 5.82 Å². The fraction of sp³-hybridized carbons (Fsp3) is 0.143. The van der Waals surface area contributed by atoms with Crippen molar-refractivity contribution >= 4 is 23.2 Å². The maximum absolute atomic E-state index is 13.1. The molecule has 0 radical (unpaired) electrons. The number of hydrogen-bond donors (Lipinski definition) is 1. The van der Waals surface area contributed by atoms with Gasteiger partial charge in [-0.1, -0.05) is 41.4 Å². The average molecular weight is 284 g/mol. The molecule has 0 saturated heterocycles. The first kappa shape index (κ1) is 13.3. The first-order chi connectivity index (χ1) is 8.56. The second-order valence-corrected chi connectivity index (χ2v) is 4.95. The molecular formula is C14H12Cl2FN. The van der Waals surface area contributed by atoms with E-state index in [1.165, 1.54) is 12.1 Å². The third-order valence-corrected chi connectivity index (χ3v) is 3.27. The molecule has 0 heterocycles. The van der Waals surface area contributed by atoms with Crippen molar-refractivity contribution in [1.82, 2.24) is 0 Å². The van der Waals surface area contributed by atoms with Gasteiger partial charge in [0.05, 0.1) is 0 Å². The van der Waals surface area contributed by atoms with E-state index in [1.807, 2.05) is 6.07 Å². The summed E-state index contributed by atoms with van der Waals surface area (Å²) in [5.41, 5.74) is 7.73. The monoisotopic (exact) mass is 283 g/mol. The fourth-order valence-electron chi connectivity index (χ4n) is 1.83. The van der Waals surface area contributed by atoms with Crippen LogP contribution in [0.25, 0.3) is 0 Å². The van der Waals surface area contributed by atoms with E-state index >= 15 is 0 Å². The summed E-state index contributed by atoms with van der Waals surface area (Å²) < 4.78 is 13.1. The normalized spacial score (nSPS) is 12.4. The molecule has 0 spiro atoms. The zero-order valence-electron chi connectivity index (χ0n) is 9.54. The molecule has 2 aromatic carbocycles. The zero-order chi connectivity index (χ0) is 13.1. The molecule has 1 atom stereocenters. The van der Waals surface area contributed by atoms with Crippen LogP contribution in [0, 0.1) is 5.82 Å². The van der Waals surface area contributed by atoms with Gasteiger partial charge in [0.2, 0.25) is 0 Å². The molecule has 2 rings (SSSR count). The Morgan fingerprint density at radius 1 is 1.11 bits per heavy atom. The van der Waals surface area contributed by atoms with Crippen LogP contribution in [0.1, 0.15) is 17.2 Å².